The molecule has 11 heteroatoms. The molecule has 2 aliphatic rings. The summed E-state index contributed by atoms with van der Waals surface area (Å²) >= 11 is 0. The molecule has 0 unspecified atom stereocenters. The molecule has 1 saturated heterocycles. The predicted octanol–water partition coefficient (Wildman–Crippen LogP) is 1.26. The highest BCUT2D eigenvalue weighted by Crippen LogP contribution is 2.32. The van der Waals surface area contributed by atoms with Crippen molar-refractivity contribution in [2.45, 2.75) is 13.1 Å². The number of piperazine rings is 1. The molecule has 36 heavy (non-hydrogen) atoms. The fraction of sp³-hybridized carbons (Fsp3) is 0.280. The molecule has 2 aromatic carbocycles. The van der Waals surface area contributed by atoms with Gasteiger partial charge in [-0.25, -0.2) is 18.9 Å². The highest BCUT2D eigenvalue weighted by atomic mass is 16.7. The van der Waals surface area contributed by atoms with Crippen LogP contribution in [0.4, 0.5) is 11.5 Å². The Kier molecular flexibility index (Phi) is 5.64. The number of carbonyl (C=O) groups excluding carboxylic acids is 1. The molecule has 4 aromatic rings. The Morgan fingerprint density at radius 2 is 1.75 bits per heavy atom. The largest absolute Gasteiger partial charge is 0.454 e. The molecule has 0 aliphatic carbocycles. The third-order valence-electron chi connectivity index (χ3n) is 6.40. The number of aromatic nitrogens is 4. The number of rotatable bonds is 6. The van der Waals surface area contributed by atoms with Crippen molar-refractivity contribution in [3.63, 3.8) is 0 Å². The second kappa shape index (κ2) is 9.25. The first-order valence-corrected chi connectivity index (χ1v) is 11.8. The summed E-state index contributed by atoms with van der Waals surface area (Å²) in [5, 5.41) is 7.29. The third-order valence-corrected chi connectivity index (χ3v) is 6.40. The number of fused-ring (bicyclic) bond motifs is 2. The van der Waals surface area contributed by atoms with E-state index in [1.165, 1.54) is 14.8 Å². The van der Waals surface area contributed by atoms with Crippen molar-refractivity contribution in [3.8, 4) is 11.5 Å². The van der Waals surface area contributed by atoms with Crippen LogP contribution in [0.1, 0.15) is 5.56 Å². The number of para-hydroxylation sites is 1. The van der Waals surface area contributed by atoms with Crippen molar-refractivity contribution in [2.24, 2.45) is 0 Å². The normalized spacial score (nSPS) is 14.9. The monoisotopic (exact) mass is 487 g/mol. The lowest BCUT2D eigenvalue weighted by Crippen LogP contribution is -2.47. The average Bonchev–Trinajstić information content (AvgIpc) is 3.52. The molecule has 0 spiro atoms. The molecule has 1 N–H and O–H groups in total. The number of carbonyl (C=O) groups is 1. The lowest BCUT2D eigenvalue weighted by molar-refractivity contribution is -0.122. The van der Waals surface area contributed by atoms with E-state index in [2.05, 4.69) is 37.3 Å². The molecule has 11 nitrogen and oxygen atoms in total. The minimum Gasteiger partial charge on any atom is -0.454 e. The maximum atomic E-state index is 12.9. The Labute approximate surface area is 206 Å². The zero-order valence-electron chi connectivity index (χ0n) is 19.5. The van der Waals surface area contributed by atoms with E-state index in [0.29, 0.717) is 29.5 Å². The van der Waals surface area contributed by atoms with Crippen LogP contribution in [0.25, 0.3) is 5.65 Å². The Morgan fingerprint density at radius 3 is 2.58 bits per heavy atom. The Bertz CT molecular complexity index is 1460. The predicted molar refractivity (Wildman–Crippen MR) is 133 cm³/mol. The molecule has 2 aliphatic heterocycles. The second-order valence-electron chi connectivity index (χ2n) is 8.66. The molecular weight excluding hydrogens is 462 g/mol. The highest BCUT2D eigenvalue weighted by molar-refractivity contribution is 5.75. The lowest BCUT2D eigenvalue weighted by Gasteiger charge is -2.36. The van der Waals surface area contributed by atoms with Crippen molar-refractivity contribution in [2.75, 3.05) is 42.8 Å². The molecule has 0 saturated carbocycles. The minimum atomic E-state index is -0.380. The SMILES string of the molecule is O=C(Cn1nc2c(N3CCN(c4ccccc4)CC3)nccn2c1=O)NCc1ccc2c(c1)OCO2. The van der Waals surface area contributed by atoms with Gasteiger partial charge in [0.2, 0.25) is 18.3 Å². The Morgan fingerprint density at radius 1 is 0.972 bits per heavy atom. The fourth-order valence-electron chi connectivity index (χ4n) is 4.52. The molecule has 2 aromatic heterocycles. The van der Waals surface area contributed by atoms with E-state index < -0.39 is 0 Å². The standard InChI is InChI=1S/C25H25N7O4/c33-22(27-15-18-6-7-20-21(14-18)36-17-35-20)16-32-25(34)31-9-8-26-23(24(31)28-32)30-12-10-29(11-13-30)19-4-2-1-3-5-19/h1-9,14H,10-13,15-17H2,(H,27,33). The van der Waals surface area contributed by atoms with Gasteiger partial charge in [0.1, 0.15) is 6.54 Å². The highest BCUT2D eigenvalue weighted by Gasteiger charge is 2.23. The molecule has 0 bridgehead atoms. The van der Waals surface area contributed by atoms with E-state index in [4.69, 9.17) is 9.47 Å². The molecule has 0 atom stereocenters. The van der Waals surface area contributed by atoms with Crippen molar-refractivity contribution >= 4 is 23.1 Å². The lowest BCUT2D eigenvalue weighted by atomic mass is 10.2. The van der Waals surface area contributed by atoms with Crippen molar-refractivity contribution in [1.29, 1.82) is 0 Å². The van der Waals surface area contributed by atoms with Gasteiger partial charge in [0.05, 0.1) is 0 Å². The zero-order chi connectivity index (χ0) is 24.5. The molecule has 1 fully saturated rings. The van der Waals surface area contributed by atoms with E-state index in [0.717, 1.165) is 31.7 Å². The van der Waals surface area contributed by atoms with E-state index in [9.17, 15) is 9.59 Å². The van der Waals surface area contributed by atoms with Crippen molar-refractivity contribution < 1.29 is 14.3 Å². The van der Waals surface area contributed by atoms with Crippen molar-refractivity contribution in [3.05, 3.63) is 77.0 Å². The number of nitrogens with one attached hydrogen (secondary N) is 1. The van der Waals surface area contributed by atoms with E-state index in [1.54, 1.807) is 12.4 Å². The topological polar surface area (TPSA) is 106 Å². The van der Waals surface area contributed by atoms with Gasteiger partial charge < -0.3 is 24.6 Å². The van der Waals surface area contributed by atoms with E-state index >= 15 is 0 Å². The fourth-order valence-corrected chi connectivity index (χ4v) is 4.52. The first-order chi connectivity index (χ1) is 17.7. The van der Waals surface area contributed by atoms with Gasteiger partial charge in [-0.15, -0.1) is 5.10 Å². The third kappa shape index (κ3) is 4.19. The molecule has 6 rings (SSSR count). The number of anilines is 2. The van der Waals surface area contributed by atoms with E-state index in [1.807, 2.05) is 36.4 Å². The first kappa shape index (κ1) is 22.0. The Balaban J connectivity index is 1.14. The van der Waals surface area contributed by atoms with Gasteiger partial charge >= 0.3 is 5.69 Å². The van der Waals surface area contributed by atoms with Gasteiger partial charge in [-0.05, 0) is 29.8 Å². The van der Waals surface area contributed by atoms with Crippen LogP contribution in [0.3, 0.4) is 0 Å². The summed E-state index contributed by atoms with van der Waals surface area (Å²) in [4.78, 5) is 34.5. The summed E-state index contributed by atoms with van der Waals surface area (Å²) in [5.41, 5.74) is 2.13. The molecule has 184 valence electrons. The van der Waals surface area contributed by atoms with Crippen LogP contribution in [-0.4, -0.2) is 58.0 Å². The number of amides is 1. The summed E-state index contributed by atoms with van der Waals surface area (Å²) in [6, 6.07) is 15.8. The van der Waals surface area contributed by atoms with Crippen LogP contribution in [0.5, 0.6) is 11.5 Å². The van der Waals surface area contributed by atoms with Crippen LogP contribution >= 0.6 is 0 Å². The summed E-state index contributed by atoms with van der Waals surface area (Å²) in [6.07, 6.45) is 3.18. The minimum absolute atomic E-state index is 0.188. The average molecular weight is 488 g/mol. The molecular formula is C25H25N7O4. The quantitative estimate of drug-likeness (QED) is 0.433. The van der Waals surface area contributed by atoms with Gasteiger partial charge in [-0.2, -0.15) is 0 Å². The summed E-state index contributed by atoms with van der Waals surface area (Å²) in [5.74, 6) is 1.67. The number of hydrogen-bond donors (Lipinski definition) is 1. The van der Waals surface area contributed by atoms with Crippen LogP contribution < -0.4 is 30.3 Å². The maximum absolute atomic E-state index is 12.9. The molecule has 4 heterocycles. The Hall–Kier alpha value is -4.54. The summed E-state index contributed by atoms with van der Waals surface area (Å²) < 4.78 is 13.3. The van der Waals surface area contributed by atoms with Crippen LogP contribution in [0.2, 0.25) is 0 Å². The second-order valence-corrected chi connectivity index (χ2v) is 8.66. The van der Waals surface area contributed by atoms with Gasteiger partial charge in [0.15, 0.2) is 17.3 Å². The van der Waals surface area contributed by atoms with Gasteiger partial charge in [-0.3, -0.25) is 4.79 Å². The van der Waals surface area contributed by atoms with Gasteiger partial charge in [0, 0.05) is 50.8 Å². The summed E-state index contributed by atoms with van der Waals surface area (Å²) in [6.45, 7) is 3.47. The van der Waals surface area contributed by atoms with Crippen LogP contribution in [0, 0.1) is 0 Å². The van der Waals surface area contributed by atoms with Crippen LogP contribution in [0.15, 0.2) is 65.7 Å². The smallest absolute Gasteiger partial charge is 0.350 e. The molecule has 0 radical (unpaired) electrons. The number of ether oxygens (including phenoxy) is 2. The zero-order valence-corrected chi connectivity index (χ0v) is 19.5. The summed E-state index contributed by atoms with van der Waals surface area (Å²) in [7, 11) is 0. The number of hydrogen-bond acceptors (Lipinski definition) is 8. The number of nitrogens with zero attached hydrogens (tertiary/aromatic N) is 6. The van der Waals surface area contributed by atoms with Gasteiger partial charge in [0.25, 0.3) is 0 Å². The first-order valence-electron chi connectivity index (χ1n) is 11.8. The maximum Gasteiger partial charge on any atom is 0.350 e. The van der Waals surface area contributed by atoms with Crippen molar-refractivity contribution in [1.82, 2.24) is 24.5 Å². The van der Waals surface area contributed by atoms with Gasteiger partial charge in [-0.1, -0.05) is 24.3 Å². The van der Waals surface area contributed by atoms with E-state index in [-0.39, 0.29) is 24.9 Å². The number of benzene rings is 2. The van der Waals surface area contributed by atoms with Crippen LogP contribution in [-0.2, 0) is 17.9 Å². The molecule has 1 amide bonds.